The lowest BCUT2D eigenvalue weighted by atomic mass is 10.1. The van der Waals surface area contributed by atoms with Crippen LogP contribution >= 0.6 is 23.2 Å². The van der Waals surface area contributed by atoms with E-state index in [1.165, 1.54) is 0 Å². The number of nitrogens with two attached hydrogens (primary N) is 1. The maximum atomic E-state index is 12.3. The first kappa shape index (κ1) is 16.2. The first-order chi connectivity index (χ1) is 10.0. The number of nitrogens with zero attached hydrogens (tertiary/aromatic N) is 1. The number of carbonyl (C=O) groups excluding carboxylic acids is 1. The van der Waals surface area contributed by atoms with Crippen LogP contribution in [-0.4, -0.2) is 38.3 Å². The van der Waals surface area contributed by atoms with Crippen LogP contribution in [0, 0.1) is 0 Å². The second-order valence-corrected chi connectivity index (χ2v) is 5.72. The summed E-state index contributed by atoms with van der Waals surface area (Å²) in [4.78, 5) is 14.2. The predicted molar refractivity (Wildman–Crippen MR) is 86.1 cm³/mol. The van der Waals surface area contributed by atoms with Gasteiger partial charge in [0.15, 0.2) is 0 Å². The Bertz CT molecular complexity index is 502. The molecule has 0 bridgehead atoms. The van der Waals surface area contributed by atoms with Gasteiger partial charge in [-0.15, -0.1) is 0 Å². The van der Waals surface area contributed by atoms with Gasteiger partial charge in [-0.2, -0.15) is 0 Å². The van der Waals surface area contributed by atoms with Gasteiger partial charge in [0.25, 0.3) is 0 Å². The number of hydrogen-bond acceptors (Lipinski definition) is 4. The standard InChI is InChI=1S/C14H19Cl2N3O2/c1-2-3-18-14(20)12-8-21-5-4-19(12)13-10(15)6-9(17)7-11(13)16/h6-7,12H,2-5,8,17H2,1H3,(H,18,20). The van der Waals surface area contributed by atoms with E-state index in [0.29, 0.717) is 47.7 Å². The Kier molecular flexibility index (Phi) is 5.56. The SMILES string of the molecule is CCCNC(=O)C1COCCN1c1c(Cl)cc(N)cc1Cl. The van der Waals surface area contributed by atoms with E-state index in [2.05, 4.69) is 5.32 Å². The molecule has 1 fully saturated rings. The molecule has 1 heterocycles. The minimum atomic E-state index is -0.441. The molecule has 1 aliphatic rings. The topological polar surface area (TPSA) is 67.6 Å². The number of hydrogen-bond donors (Lipinski definition) is 2. The van der Waals surface area contributed by atoms with Crippen LogP contribution in [-0.2, 0) is 9.53 Å². The van der Waals surface area contributed by atoms with Crippen molar-refractivity contribution in [2.75, 3.05) is 36.9 Å². The lowest BCUT2D eigenvalue weighted by molar-refractivity contribution is -0.124. The fourth-order valence-electron chi connectivity index (χ4n) is 2.31. The van der Waals surface area contributed by atoms with Gasteiger partial charge in [0.05, 0.1) is 28.9 Å². The Morgan fingerprint density at radius 2 is 2.14 bits per heavy atom. The average Bonchev–Trinajstić information content (AvgIpc) is 2.44. The van der Waals surface area contributed by atoms with E-state index in [4.69, 9.17) is 33.7 Å². The molecule has 0 saturated carbocycles. The molecule has 1 aromatic rings. The first-order valence-electron chi connectivity index (χ1n) is 6.91. The summed E-state index contributed by atoms with van der Waals surface area (Å²) in [6.45, 7) is 4.02. The molecule has 7 heteroatoms. The number of morpholine rings is 1. The molecular formula is C14H19Cl2N3O2. The molecule has 0 spiro atoms. The van der Waals surface area contributed by atoms with Gasteiger partial charge in [-0.3, -0.25) is 4.79 Å². The van der Waals surface area contributed by atoms with Gasteiger partial charge >= 0.3 is 0 Å². The van der Waals surface area contributed by atoms with E-state index in [0.717, 1.165) is 6.42 Å². The average molecular weight is 332 g/mol. The molecule has 3 N–H and O–H groups in total. The summed E-state index contributed by atoms with van der Waals surface area (Å²) in [6.07, 6.45) is 0.878. The molecule has 116 valence electrons. The lowest BCUT2D eigenvalue weighted by Crippen LogP contribution is -2.54. The van der Waals surface area contributed by atoms with Crippen molar-refractivity contribution in [3.05, 3.63) is 22.2 Å². The highest BCUT2D eigenvalue weighted by Crippen LogP contribution is 2.37. The number of amides is 1. The largest absolute Gasteiger partial charge is 0.399 e. The molecule has 1 saturated heterocycles. The van der Waals surface area contributed by atoms with Gasteiger partial charge in [0.1, 0.15) is 6.04 Å². The number of ether oxygens (including phenoxy) is 1. The summed E-state index contributed by atoms with van der Waals surface area (Å²) in [7, 11) is 0. The van der Waals surface area contributed by atoms with Crippen molar-refractivity contribution in [1.82, 2.24) is 5.32 Å². The van der Waals surface area contributed by atoms with Crippen LogP contribution in [0.5, 0.6) is 0 Å². The minimum absolute atomic E-state index is 0.0829. The number of anilines is 2. The number of benzene rings is 1. The third-order valence-electron chi connectivity index (χ3n) is 3.31. The summed E-state index contributed by atoms with van der Waals surface area (Å²) < 4.78 is 5.43. The zero-order valence-electron chi connectivity index (χ0n) is 11.9. The quantitative estimate of drug-likeness (QED) is 0.831. The second-order valence-electron chi connectivity index (χ2n) is 4.91. The van der Waals surface area contributed by atoms with Crippen LogP contribution in [0.25, 0.3) is 0 Å². The van der Waals surface area contributed by atoms with Crippen LogP contribution in [0.4, 0.5) is 11.4 Å². The third-order valence-corrected chi connectivity index (χ3v) is 3.88. The van der Waals surface area contributed by atoms with Crippen LogP contribution in [0.1, 0.15) is 13.3 Å². The van der Waals surface area contributed by atoms with E-state index in [-0.39, 0.29) is 5.91 Å². The maximum absolute atomic E-state index is 12.3. The van der Waals surface area contributed by atoms with Gasteiger partial charge < -0.3 is 20.7 Å². The molecule has 0 radical (unpaired) electrons. The van der Waals surface area contributed by atoms with Crippen LogP contribution < -0.4 is 16.0 Å². The van der Waals surface area contributed by atoms with E-state index in [9.17, 15) is 4.79 Å². The van der Waals surface area contributed by atoms with E-state index < -0.39 is 6.04 Å². The van der Waals surface area contributed by atoms with E-state index in [1.54, 1.807) is 12.1 Å². The van der Waals surface area contributed by atoms with Gasteiger partial charge in [-0.05, 0) is 18.6 Å². The zero-order chi connectivity index (χ0) is 15.4. The molecule has 1 atom stereocenters. The summed E-state index contributed by atoms with van der Waals surface area (Å²) in [5.41, 5.74) is 6.85. The van der Waals surface area contributed by atoms with Crippen LogP contribution in [0.15, 0.2) is 12.1 Å². The van der Waals surface area contributed by atoms with E-state index >= 15 is 0 Å². The molecule has 21 heavy (non-hydrogen) atoms. The molecule has 1 amide bonds. The lowest BCUT2D eigenvalue weighted by Gasteiger charge is -2.37. The first-order valence-corrected chi connectivity index (χ1v) is 7.66. The van der Waals surface area contributed by atoms with Gasteiger partial charge in [0, 0.05) is 18.8 Å². The van der Waals surface area contributed by atoms with Crippen molar-refractivity contribution in [2.45, 2.75) is 19.4 Å². The number of nitrogens with one attached hydrogen (secondary N) is 1. The predicted octanol–water partition coefficient (Wildman–Crippen LogP) is 2.31. The van der Waals surface area contributed by atoms with Gasteiger partial charge in [0.2, 0.25) is 5.91 Å². The van der Waals surface area contributed by atoms with Crippen LogP contribution in [0.3, 0.4) is 0 Å². The fraction of sp³-hybridized carbons (Fsp3) is 0.500. The minimum Gasteiger partial charge on any atom is -0.399 e. The van der Waals surface area contributed by atoms with Gasteiger partial charge in [-0.1, -0.05) is 30.1 Å². The molecule has 2 rings (SSSR count). The molecule has 1 unspecified atom stereocenters. The molecular weight excluding hydrogens is 313 g/mol. The number of nitrogen functional groups attached to an aromatic ring is 1. The van der Waals surface area contributed by atoms with Crippen LogP contribution in [0.2, 0.25) is 10.0 Å². The summed E-state index contributed by atoms with van der Waals surface area (Å²) in [5.74, 6) is -0.0829. The highest BCUT2D eigenvalue weighted by atomic mass is 35.5. The summed E-state index contributed by atoms with van der Waals surface area (Å²) in [5, 5.41) is 3.76. The highest BCUT2D eigenvalue weighted by Gasteiger charge is 2.31. The van der Waals surface area contributed by atoms with Crippen molar-refractivity contribution in [3.8, 4) is 0 Å². The van der Waals surface area contributed by atoms with Crippen molar-refractivity contribution in [1.29, 1.82) is 0 Å². The fourth-order valence-corrected chi connectivity index (χ4v) is 3.04. The zero-order valence-corrected chi connectivity index (χ0v) is 13.4. The smallest absolute Gasteiger partial charge is 0.245 e. The monoisotopic (exact) mass is 331 g/mol. The van der Waals surface area contributed by atoms with Crippen molar-refractivity contribution < 1.29 is 9.53 Å². The highest BCUT2D eigenvalue weighted by molar-refractivity contribution is 6.39. The Labute approximate surface area is 134 Å². The molecule has 1 aliphatic heterocycles. The maximum Gasteiger partial charge on any atom is 0.245 e. The van der Waals surface area contributed by atoms with Gasteiger partial charge in [-0.25, -0.2) is 0 Å². The third kappa shape index (κ3) is 3.73. The second kappa shape index (κ2) is 7.20. The molecule has 0 aliphatic carbocycles. The molecule has 1 aromatic carbocycles. The number of halogens is 2. The number of carbonyl (C=O) groups is 1. The Morgan fingerprint density at radius 3 is 2.76 bits per heavy atom. The van der Waals surface area contributed by atoms with Crippen molar-refractivity contribution >= 4 is 40.5 Å². The van der Waals surface area contributed by atoms with Crippen molar-refractivity contribution in [3.63, 3.8) is 0 Å². The molecule has 5 nitrogen and oxygen atoms in total. The Balaban J connectivity index is 2.29. The van der Waals surface area contributed by atoms with Crippen molar-refractivity contribution in [2.24, 2.45) is 0 Å². The van der Waals surface area contributed by atoms with E-state index in [1.807, 2.05) is 11.8 Å². The Morgan fingerprint density at radius 1 is 1.48 bits per heavy atom. The Hall–Kier alpha value is -1.17. The normalized spacial score (nSPS) is 18.6. The number of rotatable bonds is 4. The molecule has 0 aromatic heterocycles. The summed E-state index contributed by atoms with van der Waals surface area (Å²) >= 11 is 12.5. The summed E-state index contributed by atoms with van der Waals surface area (Å²) in [6, 6.07) is 2.84.